The third-order valence-electron chi connectivity index (χ3n) is 5.22. The predicted molar refractivity (Wildman–Crippen MR) is 125 cm³/mol. The first-order valence-corrected chi connectivity index (χ1v) is 11.5. The predicted octanol–water partition coefficient (Wildman–Crippen LogP) is 3.69. The molecule has 1 aliphatic rings. The fourth-order valence-electron chi connectivity index (χ4n) is 3.41. The van der Waals surface area contributed by atoms with E-state index in [0.29, 0.717) is 65.8 Å². The normalized spacial score (nSPS) is 17.9. The van der Waals surface area contributed by atoms with Crippen LogP contribution in [0, 0.1) is 0 Å². The zero-order chi connectivity index (χ0) is 23.6. The maximum absolute atomic E-state index is 13.0. The molecule has 33 heavy (non-hydrogen) atoms. The van der Waals surface area contributed by atoms with E-state index in [2.05, 4.69) is 10.6 Å². The molecule has 1 atom stereocenters. The van der Waals surface area contributed by atoms with Crippen molar-refractivity contribution in [1.82, 2.24) is 10.6 Å². The lowest BCUT2D eigenvalue weighted by Crippen LogP contribution is -2.47. The van der Waals surface area contributed by atoms with Gasteiger partial charge < -0.3 is 20.1 Å². The van der Waals surface area contributed by atoms with Crippen LogP contribution in [0.5, 0.6) is 0 Å². The van der Waals surface area contributed by atoms with Gasteiger partial charge in [0, 0.05) is 28.8 Å². The summed E-state index contributed by atoms with van der Waals surface area (Å²) in [5.41, 5.74) is 1.73. The summed E-state index contributed by atoms with van der Waals surface area (Å²) in [4.78, 5) is 38.5. The molecule has 0 bridgehead atoms. The molecule has 2 aromatic carbocycles. The van der Waals surface area contributed by atoms with Crippen LogP contribution in [0.4, 0.5) is 0 Å². The first-order valence-electron chi connectivity index (χ1n) is 10.8. The summed E-state index contributed by atoms with van der Waals surface area (Å²) in [6.45, 7) is 1.69. The highest BCUT2D eigenvalue weighted by Crippen LogP contribution is 2.20. The van der Waals surface area contributed by atoms with Gasteiger partial charge in [-0.05, 0) is 48.6 Å². The van der Waals surface area contributed by atoms with Crippen LogP contribution >= 0.6 is 23.2 Å². The van der Waals surface area contributed by atoms with Gasteiger partial charge in [0.1, 0.15) is 0 Å². The molecule has 0 fully saturated rings. The van der Waals surface area contributed by atoms with Crippen LogP contribution in [-0.2, 0) is 32.2 Å². The summed E-state index contributed by atoms with van der Waals surface area (Å²) in [5.74, 6) is -1.93. The van der Waals surface area contributed by atoms with Gasteiger partial charge in [-0.2, -0.15) is 0 Å². The number of hydrogen-bond donors (Lipinski definition) is 2. The first-order chi connectivity index (χ1) is 16.0. The van der Waals surface area contributed by atoms with Crippen molar-refractivity contribution in [2.45, 2.75) is 38.5 Å². The Morgan fingerprint density at radius 3 is 2.64 bits per heavy atom. The largest absolute Gasteiger partial charge is 0.379 e. The van der Waals surface area contributed by atoms with E-state index in [0.717, 1.165) is 0 Å². The topological polar surface area (TPSA) is 93.7 Å². The van der Waals surface area contributed by atoms with Gasteiger partial charge in [0.2, 0.25) is 5.78 Å². The van der Waals surface area contributed by atoms with Crippen molar-refractivity contribution >= 4 is 40.8 Å². The fourth-order valence-corrected chi connectivity index (χ4v) is 3.89. The van der Waals surface area contributed by atoms with Crippen molar-refractivity contribution in [1.29, 1.82) is 0 Å². The lowest BCUT2D eigenvalue weighted by atomic mass is 10.0. The van der Waals surface area contributed by atoms with E-state index in [9.17, 15) is 14.4 Å². The number of hydrogen-bond acceptors (Lipinski definition) is 5. The van der Waals surface area contributed by atoms with E-state index in [-0.39, 0.29) is 13.2 Å². The molecule has 1 unspecified atom stereocenters. The highest BCUT2D eigenvalue weighted by molar-refractivity contribution is 6.38. The number of benzene rings is 2. The molecule has 1 aliphatic heterocycles. The zero-order valence-electron chi connectivity index (χ0n) is 18.1. The number of halogens is 2. The molecule has 2 amide bonds. The Balaban J connectivity index is 1.71. The van der Waals surface area contributed by atoms with Gasteiger partial charge in [-0.25, -0.2) is 0 Å². The van der Waals surface area contributed by atoms with Crippen molar-refractivity contribution in [2.24, 2.45) is 0 Å². The number of ether oxygens (including phenoxy) is 2. The van der Waals surface area contributed by atoms with Crippen molar-refractivity contribution < 1.29 is 23.9 Å². The number of carbonyl (C=O) groups excluding carboxylic acids is 3. The highest BCUT2D eigenvalue weighted by atomic mass is 35.5. The van der Waals surface area contributed by atoms with Gasteiger partial charge in [-0.15, -0.1) is 0 Å². The van der Waals surface area contributed by atoms with E-state index < -0.39 is 23.6 Å². The number of amides is 2. The Kier molecular flexibility index (Phi) is 9.69. The minimum absolute atomic E-state index is 0.0647. The second-order valence-electron chi connectivity index (χ2n) is 7.63. The Morgan fingerprint density at radius 2 is 1.82 bits per heavy atom. The minimum atomic E-state index is -0.963. The highest BCUT2D eigenvalue weighted by Gasteiger charge is 2.27. The molecule has 0 aromatic heterocycles. The maximum atomic E-state index is 13.0. The summed E-state index contributed by atoms with van der Waals surface area (Å²) in [5, 5.41) is 6.18. The van der Waals surface area contributed by atoms with Crippen LogP contribution < -0.4 is 10.6 Å². The number of rotatable bonds is 4. The van der Waals surface area contributed by atoms with E-state index in [4.69, 9.17) is 32.7 Å². The van der Waals surface area contributed by atoms with Crippen molar-refractivity contribution in [3.05, 3.63) is 69.2 Å². The summed E-state index contributed by atoms with van der Waals surface area (Å²) in [7, 11) is 0. The monoisotopic (exact) mass is 492 g/mol. The molecule has 0 aliphatic carbocycles. The zero-order valence-corrected chi connectivity index (χ0v) is 19.6. The molecular formula is C24H26Cl2N2O5. The summed E-state index contributed by atoms with van der Waals surface area (Å²) in [6.07, 6.45) is 1.62. The van der Waals surface area contributed by atoms with Crippen LogP contribution in [0.2, 0.25) is 10.0 Å². The number of nitrogens with one attached hydrogen (secondary N) is 2. The summed E-state index contributed by atoms with van der Waals surface area (Å²) >= 11 is 12.0. The molecule has 2 aromatic rings. The van der Waals surface area contributed by atoms with Crippen LogP contribution in [0.3, 0.4) is 0 Å². The molecule has 0 saturated carbocycles. The van der Waals surface area contributed by atoms with E-state index in [1.54, 1.807) is 36.4 Å². The second kappa shape index (κ2) is 12.7. The molecule has 0 spiro atoms. The number of fused-ring (bicyclic) bond motifs is 1. The SMILES string of the molecule is O=C(NCc1ccc(Cl)cc1Cl)C(=O)C1CCCCOCCOCc2ccccc2C(=O)N1. The smallest absolute Gasteiger partial charge is 0.289 e. The Hall–Kier alpha value is -2.45. The molecule has 9 heteroatoms. The number of Topliss-reactive ketones (excluding diaryl/α,β-unsaturated/α-hetero) is 1. The maximum Gasteiger partial charge on any atom is 0.289 e. The summed E-state index contributed by atoms with van der Waals surface area (Å²) < 4.78 is 11.1. The third-order valence-corrected chi connectivity index (χ3v) is 5.81. The average molecular weight is 493 g/mol. The second-order valence-corrected chi connectivity index (χ2v) is 8.47. The standard InChI is InChI=1S/C24H26Cl2N2O5/c25-18-9-8-16(20(26)13-18)14-27-24(31)22(29)21-7-3-4-10-32-11-12-33-15-17-5-1-2-6-19(17)23(30)28-21/h1-2,5-6,8-9,13,21H,3-4,7,10-12,14-15H2,(H,27,31)(H,28,30). The number of ketones is 1. The van der Waals surface area contributed by atoms with Crippen molar-refractivity contribution in [3.8, 4) is 0 Å². The van der Waals surface area contributed by atoms with E-state index >= 15 is 0 Å². The van der Waals surface area contributed by atoms with Crippen LogP contribution in [0.25, 0.3) is 0 Å². The molecule has 3 rings (SSSR count). The molecule has 1 heterocycles. The molecule has 7 nitrogen and oxygen atoms in total. The first kappa shape index (κ1) is 25.2. The Morgan fingerprint density at radius 1 is 1.03 bits per heavy atom. The van der Waals surface area contributed by atoms with Crippen molar-refractivity contribution in [3.63, 3.8) is 0 Å². The third kappa shape index (κ3) is 7.54. The Labute approximate surface area is 202 Å². The van der Waals surface area contributed by atoms with Gasteiger partial charge in [-0.3, -0.25) is 14.4 Å². The van der Waals surface area contributed by atoms with Crippen LogP contribution in [-0.4, -0.2) is 43.5 Å². The minimum Gasteiger partial charge on any atom is -0.379 e. The summed E-state index contributed by atoms with van der Waals surface area (Å²) in [6, 6.07) is 10.9. The molecule has 0 radical (unpaired) electrons. The van der Waals surface area contributed by atoms with Gasteiger partial charge in [0.05, 0.1) is 25.9 Å². The lowest BCUT2D eigenvalue weighted by Gasteiger charge is -2.19. The van der Waals surface area contributed by atoms with Crippen LogP contribution in [0.1, 0.15) is 40.7 Å². The van der Waals surface area contributed by atoms with E-state index in [1.165, 1.54) is 0 Å². The molecule has 0 saturated heterocycles. The van der Waals surface area contributed by atoms with Gasteiger partial charge in [0.25, 0.3) is 11.8 Å². The molecular weight excluding hydrogens is 467 g/mol. The van der Waals surface area contributed by atoms with Gasteiger partial charge >= 0.3 is 0 Å². The van der Waals surface area contributed by atoms with Crippen molar-refractivity contribution in [2.75, 3.05) is 19.8 Å². The average Bonchev–Trinajstić information content (AvgIpc) is 2.80. The number of carbonyl (C=O) groups is 3. The van der Waals surface area contributed by atoms with Gasteiger partial charge in [0.15, 0.2) is 0 Å². The molecule has 2 N–H and O–H groups in total. The lowest BCUT2D eigenvalue weighted by molar-refractivity contribution is -0.139. The molecule has 176 valence electrons. The van der Waals surface area contributed by atoms with Crippen LogP contribution in [0.15, 0.2) is 42.5 Å². The van der Waals surface area contributed by atoms with Gasteiger partial charge in [-0.1, -0.05) is 47.5 Å². The Bertz CT molecular complexity index is 999. The fraction of sp³-hybridized carbons (Fsp3) is 0.375. The van der Waals surface area contributed by atoms with E-state index in [1.807, 2.05) is 6.07 Å². The quantitative estimate of drug-likeness (QED) is 0.634.